The van der Waals surface area contributed by atoms with Gasteiger partial charge in [0.1, 0.15) is 5.75 Å². The maximum atomic E-state index is 5.78. The topological polar surface area (TPSA) is 48.2 Å². The first-order chi connectivity index (χ1) is 6.84. The summed E-state index contributed by atoms with van der Waals surface area (Å²) in [7, 11) is 0. The summed E-state index contributed by atoms with van der Waals surface area (Å²) in [6.45, 7) is 0.275. The van der Waals surface area contributed by atoms with Crippen molar-refractivity contribution < 1.29 is 9.26 Å². The molecule has 0 aliphatic rings. The predicted octanol–water partition coefficient (Wildman–Crippen LogP) is 2.30. The van der Waals surface area contributed by atoms with Gasteiger partial charge in [-0.25, -0.2) is 0 Å². The molecule has 2 aromatic rings. The molecule has 0 fully saturated rings. The van der Waals surface area contributed by atoms with Gasteiger partial charge in [0.25, 0.3) is 0 Å². The van der Waals surface area contributed by atoms with Crippen LogP contribution < -0.4 is 4.74 Å². The summed E-state index contributed by atoms with van der Waals surface area (Å²) in [6.07, 6.45) is 1.26. The minimum Gasteiger partial charge on any atom is -0.485 e. The quantitative estimate of drug-likeness (QED) is 0.780. The fourth-order valence-corrected chi connectivity index (χ4v) is 1.14. The number of rotatable bonds is 3. The standard InChI is InChI=1S/C9H7ClN2O2/c10-7-2-1-3-8(4-7)13-5-9-11-6-14-12-9/h1-4,6H,5H2. The molecule has 72 valence electrons. The van der Waals surface area contributed by atoms with E-state index in [4.69, 9.17) is 16.3 Å². The molecule has 0 radical (unpaired) electrons. The second-order valence-corrected chi connectivity index (χ2v) is 3.03. The second kappa shape index (κ2) is 4.11. The predicted molar refractivity (Wildman–Crippen MR) is 50.1 cm³/mol. The number of hydrogen-bond acceptors (Lipinski definition) is 4. The van der Waals surface area contributed by atoms with Gasteiger partial charge in [-0.3, -0.25) is 0 Å². The summed E-state index contributed by atoms with van der Waals surface area (Å²) in [5, 5.41) is 4.24. The molecule has 0 aliphatic carbocycles. The molecule has 1 heterocycles. The lowest BCUT2D eigenvalue weighted by atomic mass is 10.3. The summed E-state index contributed by atoms with van der Waals surface area (Å²) in [5.41, 5.74) is 0. The zero-order valence-electron chi connectivity index (χ0n) is 7.18. The van der Waals surface area contributed by atoms with E-state index in [9.17, 15) is 0 Å². The molecule has 14 heavy (non-hydrogen) atoms. The van der Waals surface area contributed by atoms with Crippen molar-refractivity contribution in [2.45, 2.75) is 6.61 Å². The third-order valence-corrected chi connectivity index (χ3v) is 1.81. The van der Waals surface area contributed by atoms with Gasteiger partial charge < -0.3 is 9.26 Å². The number of nitrogens with zero attached hydrogens (tertiary/aromatic N) is 2. The van der Waals surface area contributed by atoms with Gasteiger partial charge in [-0.1, -0.05) is 22.8 Å². The Kier molecular flexibility index (Phi) is 2.65. The van der Waals surface area contributed by atoms with Crippen molar-refractivity contribution >= 4 is 11.6 Å². The number of hydrogen-bond donors (Lipinski definition) is 0. The van der Waals surface area contributed by atoms with Gasteiger partial charge in [-0.05, 0) is 18.2 Å². The van der Waals surface area contributed by atoms with Gasteiger partial charge in [-0.15, -0.1) is 0 Å². The van der Waals surface area contributed by atoms with Crippen molar-refractivity contribution in [1.82, 2.24) is 10.1 Å². The second-order valence-electron chi connectivity index (χ2n) is 2.59. The molecule has 0 bridgehead atoms. The lowest BCUT2D eigenvalue weighted by Gasteiger charge is -2.02. The molecule has 0 aliphatic heterocycles. The van der Waals surface area contributed by atoms with Crippen LogP contribution in [0, 0.1) is 0 Å². The summed E-state index contributed by atoms with van der Waals surface area (Å²) >= 11 is 5.78. The van der Waals surface area contributed by atoms with Gasteiger partial charge in [0.05, 0.1) is 0 Å². The van der Waals surface area contributed by atoms with Crippen molar-refractivity contribution in [3.63, 3.8) is 0 Å². The van der Waals surface area contributed by atoms with Gasteiger partial charge in [0, 0.05) is 5.02 Å². The van der Waals surface area contributed by atoms with Gasteiger partial charge in [0.15, 0.2) is 6.61 Å². The highest BCUT2D eigenvalue weighted by molar-refractivity contribution is 6.30. The van der Waals surface area contributed by atoms with E-state index in [1.165, 1.54) is 6.39 Å². The molecular formula is C9H7ClN2O2. The first-order valence-electron chi connectivity index (χ1n) is 3.98. The van der Waals surface area contributed by atoms with Crippen LogP contribution in [0.1, 0.15) is 5.82 Å². The number of benzene rings is 1. The first-order valence-corrected chi connectivity index (χ1v) is 4.36. The number of halogens is 1. The Labute approximate surface area is 85.5 Å². The third kappa shape index (κ3) is 2.23. The molecule has 0 saturated heterocycles. The van der Waals surface area contributed by atoms with Gasteiger partial charge in [-0.2, -0.15) is 4.98 Å². The average molecular weight is 211 g/mol. The highest BCUT2D eigenvalue weighted by atomic mass is 35.5. The Morgan fingerprint density at radius 1 is 1.43 bits per heavy atom. The van der Waals surface area contributed by atoms with E-state index in [-0.39, 0.29) is 6.61 Å². The molecule has 0 amide bonds. The molecule has 0 spiro atoms. The Morgan fingerprint density at radius 3 is 3.07 bits per heavy atom. The lowest BCUT2D eigenvalue weighted by Crippen LogP contribution is -1.96. The summed E-state index contributed by atoms with van der Waals surface area (Å²) < 4.78 is 9.92. The molecule has 0 unspecified atom stereocenters. The molecule has 4 nitrogen and oxygen atoms in total. The third-order valence-electron chi connectivity index (χ3n) is 1.57. The molecule has 2 rings (SSSR count). The van der Waals surface area contributed by atoms with Crippen LogP contribution in [0.2, 0.25) is 5.02 Å². The van der Waals surface area contributed by atoms with Gasteiger partial charge >= 0.3 is 0 Å². The van der Waals surface area contributed by atoms with E-state index < -0.39 is 0 Å². The van der Waals surface area contributed by atoms with Crippen LogP contribution in [0.3, 0.4) is 0 Å². The summed E-state index contributed by atoms with van der Waals surface area (Å²) in [5.74, 6) is 1.19. The van der Waals surface area contributed by atoms with Crippen LogP contribution in [-0.2, 0) is 6.61 Å². The van der Waals surface area contributed by atoms with E-state index in [0.29, 0.717) is 16.6 Å². The fraction of sp³-hybridized carbons (Fsp3) is 0.111. The molecule has 0 saturated carbocycles. The lowest BCUT2D eigenvalue weighted by molar-refractivity contribution is 0.286. The van der Waals surface area contributed by atoms with Gasteiger partial charge in [0.2, 0.25) is 12.2 Å². The molecule has 0 N–H and O–H groups in total. The van der Waals surface area contributed by atoms with Crippen molar-refractivity contribution in [2.75, 3.05) is 0 Å². The van der Waals surface area contributed by atoms with Crippen LogP contribution >= 0.6 is 11.6 Å². The zero-order chi connectivity index (χ0) is 9.80. The SMILES string of the molecule is Clc1cccc(OCc2ncon2)c1. The first kappa shape index (κ1) is 9.02. The van der Waals surface area contributed by atoms with Crippen molar-refractivity contribution in [1.29, 1.82) is 0 Å². The normalized spacial score (nSPS) is 10.1. The Bertz CT molecular complexity index is 403. The Hall–Kier alpha value is -1.55. The van der Waals surface area contributed by atoms with E-state index in [1.807, 2.05) is 12.1 Å². The maximum Gasteiger partial charge on any atom is 0.213 e. The minimum atomic E-state index is 0.275. The molecule has 5 heteroatoms. The van der Waals surface area contributed by atoms with E-state index in [1.54, 1.807) is 12.1 Å². The average Bonchev–Trinajstić information content (AvgIpc) is 2.67. The molecule has 0 atom stereocenters. The Balaban J connectivity index is 1.98. The molecule has 1 aromatic carbocycles. The van der Waals surface area contributed by atoms with E-state index >= 15 is 0 Å². The van der Waals surface area contributed by atoms with Crippen LogP contribution in [0.5, 0.6) is 5.75 Å². The Morgan fingerprint density at radius 2 is 2.36 bits per heavy atom. The molecular weight excluding hydrogens is 204 g/mol. The number of ether oxygens (including phenoxy) is 1. The number of aromatic nitrogens is 2. The van der Waals surface area contributed by atoms with Crippen LogP contribution in [0.25, 0.3) is 0 Å². The monoisotopic (exact) mass is 210 g/mol. The summed E-state index contributed by atoms with van der Waals surface area (Å²) in [6, 6.07) is 7.13. The fourth-order valence-electron chi connectivity index (χ4n) is 0.961. The van der Waals surface area contributed by atoms with Crippen LogP contribution in [0.4, 0.5) is 0 Å². The van der Waals surface area contributed by atoms with Crippen molar-refractivity contribution in [2.24, 2.45) is 0 Å². The highest BCUT2D eigenvalue weighted by Gasteiger charge is 1.99. The van der Waals surface area contributed by atoms with Crippen molar-refractivity contribution in [3.8, 4) is 5.75 Å². The summed E-state index contributed by atoms with van der Waals surface area (Å²) in [4.78, 5) is 3.82. The minimum absolute atomic E-state index is 0.275. The smallest absolute Gasteiger partial charge is 0.213 e. The van der Waals surface area contributed by atoms with Crippen LogP contribution in [0.15, 0.2) is 35.2 Å². The van der Waals surface area contributed by atoms with Crippen molar-refractivity contribution in [3.05, 3.63) is 41.5 Å². The van der Waals surface area contributed by atoms with E-state index in [2.05, 4.69) is 14.7 Å². The molecule has 1 aromatic heterocycles. The van der Waals surface area contributed by atoms with E-state index in [0.717, 1.165) is 0 Å². The maximum absolute atomic E-state index is 5.78. The largest absolute Gasteiger partial charge is 0.485 e. The highest BCUT2D eigenvalue weighted by Crippen LogP contribution is 2.17. The zero-order valence-corrected chi connectivity index (χ0v) is 7.94. The van der Waals surface area contributed by atoms with Crippen LogP contribution in [-0.4, -0.2) is 10.1 Å².